The molecule has 5 heterocycles. The first-order valence-electron chi connectivity index (χ1n) is 15.6. The lowest BCUT2D eigenvalue weighted by Crippen LogP contribution is -2.55. The molecular weight excluding hydrogens is 633 g/mol. The Balaban J connectivity index is 1.32. The Morgan fingerprint density at radius 3 is 2.65 bits per heavy atom. The highest BCUT2D eigenvalue weighted by molar-refractivity contribution is 5.98. The highest BCUT2D eigenvalue weighted by atomic mass is 19.3. The maximum Gasteiger partial charge on any atom is 0.320 e. The normalized spacial score (nSPS) is 22.2. The monoisotopic (exact) mass is 663 g/mol. The lowest BCUT2D eigenvalue weighted by atomic mass is 9.94. The van der Waals surface area contributed by atoms with E-state index in [0.717, 1.165) is 6.42 Å². The lowest BCUT2D eigenvalue weighted by Gasteiger charge is -2.41. The minimum Gasteiger partial charge on any atom is -0.461 e. The zero-order chi connectivity index (χ0) is 33.8. The quantitative estimate of drug-likeness (QED) is 0.181. The molecule has 3 aliphatic rings. The van der Waals surface area contributed by atoms with E-state index in [1.165, 1.54) is 17.0 Å². The molecule has 48 heavy (non-hydrogen) atoms. The molecule has 1 amide bonds. The molecule has 3 fully saturated rings. The van der Waals surface area contributed by atoms with Gasteiger partial charge in [0.2, 0.25) is 0 Å². The van der Waals surface area contributed by atoms with Crippen LogP contribution in [-0.4, -0.2) is 87.5 Å². The van der Waals surface area contributed by atoms with Crippen molar-refractivity contribution in [1.29, 1.82) is 5.26 Å². The van der Waals surface area contributed by atoms with Crippen molar-refractivity contribution < 1.29 is 31.5 Å². The van der Waals surface area contributed by atoms with Crippen molar-refractivity contribution >= 4 is 33.5 Å². The van der Waals surface area contributed by atoms with Crippen LogP contribution in [0.1, 0.15) is 25.7 Å². The minimum atomic E-state index is -2.86. The molecule has 0 spiro atoms. The van der Waals surface area contributed by atoms with Crippen molar-refractivity contribution in [3.05, 3.63) is 66.5 Å². The highest BCUT2D eigenvalue weighted by Gasteiger charge is 2.57. The number of ether oxygens (including phenoxy) is 1. The van der Waals surface area contributed by atoms with Gasteiger partial charge in [-0.2, -0.15) is 15.2 Å². The lowest BCUT2D eigenvalue weighted by molar-refractivity contribution is -0.131. The number of alkyl halides is 2. The van der Waals surface area contributed by atoms with Crippen LogP contribution in [0.15, 0.2) is 54.9 Å². The molecular formula is C34H30F5N7O2. The topological polar surface area (TPSA) is 98.5 Å². The number of hydrogen-bond donors (Lipinski definition) is 0. The van der Waals surface area contributed by atoms with Crippen LogP contribution in [0.4, 0.5) is 27.8 Å². The Labute approximate surface area is 272 Å². The van der Waals surface area contributed by atoms with Gasteiger partial charge in [0, 0.05) is 37.0 Å². The predicted octanol–water partition coefficient (Wildman–Crippen LogP) is 5.79. The Bertz CT molecular complexity index is 2000. The summed E-state index contributed by atoms with van der Waals surface area (Å²) in [6.45, 7) is 3.28. The Morgan fingerprint density at radius 1 is 1.08 bits per heavy atom. The first-order valence-corrected chi connectivity index (χ1v) is 15.6. The van der Waals surface area contributed by atoms with Gasteiger partial charge in [-0.1, -0.05) is 36.9 Å². The molecule has 0 N–H and O–H groups in total. The number of pyridine rings is 1. The van der Waals surface area contributed by atoms with Gasteiger partial charge in [-0.3, -0.25) is 9.69 Å². The number of benzene rings is 2. The van der Waals surface area contributed by atoms with Gasteiger partial charge in [0.15, 0.2) is 11.5 Å². The Kier molecular flexibility index (Phi) is 7.90. The zero-order valence-corrected chi connectivity index (χ0v) is 25.7. The van der Waals surface area contributed by atoms with E-state index in [9.17, 15) is 23.2 Å². The summed E-state index contributed by atoms with van der Waals surface area (Å²) < 4.78 is 79.9. The number of hydrogen-bond acceptors (Lipinski definition) is 8. The Morgan fingerprint density at radius 2 is 1.88 bits per heavy atom. The van der Waals surface area contributed by atoms with Gasteiger partial charge in [-0.05, 0) is 36.9 Å². The molecule has 14 heteroatoms. The molecule has 9 nitrogen and oxygen atoms in total. The summed E-state index contributed by atoms with van der Waals surface area (Å²) in [5.41, 5.74) is -0.856. The van der Waals surface area contributed by atoms with E-state index in [4.69, 9.17) is 4.74 Å². The van der Waals surface area contributed by atoms with Crippen LogP contribution in [-0.2, 0) is 4.79 Å². The van der Waals surface area contributed by atoms with Gasteiger partial charge in [-0.15, -0.1) is 0 Å². The second-order valence-electron chi connectivity index (χ2n) is 12.6. The van der Waals surface area contributed by atoms with Crippen molar-refractivity contribution in [2.24, 2.45) is 0 Å². The van der Waals surface area contributed by atoms with E-state index in [1.807, 2.05) is 6.07 Å². The number of carbonyl (C=O) groups excluding carboxylic acids is 1. The molecule has 4 aromatic rings. The highest BCUT2D eigenvalue weighted by Crippen LogP contribution is 2.46. The summed E-state index contributed by atoms with van der Waals surface area (Å²) in [5.74, 6) is -6.11. The molecule has 7 rings (SSSR count). The summed E-state index contributed by atoms with van der Waals surface area (Å²) >= 11 is 0. The summed E-state index contributed by atoms with van der Waals surface area (Å²) in [6, 6.07) is 11.7. The van der Waals surface area contributed by atoms with E-state index >= 15 is 8.78 Å². The zero-order valence-electron chi connectivity index (χ0n) is 25.7. The van der Waals surface area contributed by atoms with Crippen LogP contribution in [0, 0.1) is 23.0 Å². The van der Waals surface area contributed by atoms with Crippen LogP contribution < -0.4 is 9.64 Å². The van der Waals surface area contributed by atoms with E-state index in [0.29, 0.717) is 18.4 Å². The number of nitrogens with zero attached hydrogens (tertiary/aromatic N) is 7. The molecule has 0 aliphatic carbocycles. The SMILES string of the molecule is C=C(F)C(=O)N1CCN(c2nc(OC[C@@]34CCCN3CC(F)(F)C4)nc3nc(-c4cccc5cccc(F)c45)c(F)cc23)C[C@@H]1CC#N. The first-order chi connectivity index (χ1) is 23.0. The van der Waals surface area contributed by atoms with Crippen LogP contribution in [0.3, 0.4) is 0 Å². The Hall–Kier alpha value is -4.90. The minimum absolute atomic E-state index is 0.00440. The smallest absolute Gasteiger partial charge is 0.320 e. The number of aromatic nitrogens is 3. The molecule has 2 aromatic carbocycles. The standard InChI is InChI=1S/C34H30F5N7O2/c1-20(35)31(47)46-14-13-44(16-22(46)9-11-40)30-24-15-26(37)28(23-7-2-5-21-6-3-8-25(36)27(21)23)41-29(24)42-32(43-30)48-19-33-10-4-12-45(33)18-34(38,39)17-33/h2-3,5-8,15,22H,1,4,9-10,12-14,16-19H2/t22-,33-/m0/s1. The third-order valence-corrected chi connectivity index (χ3v) is 9.53. The van der Waals surface area contributed by atoms with Gasteiger partial charge in [0.25, 0.3) is 11.8 Å². The van der Waals surface area contributed by atoms with E-state index < -0.39 is 40.9 Å². The molecule has 2 atom stereocenters. The number of halogens is 5. The van der Waals surface area contributed by atoms with Crippen molar-refractivity contribution in [1.82, 2.24) is 24.8 Å². The fraction of sp³-hybridized carbons (Fsp3) is 0.382. The molecule has 2 aromatic heterocycles. The van der Waals surface area contributed by atoms with Gasteiger partial charge >= 0.3 is 6.01 Å². The maximum atomic E-state index is 16.0. The van der Waals surface area contributed by atoms with Crippen LogP contribution in [0.25, 0.3) is 33.1 Å². The fourth-order valence-electron chi connectivity index (χ4n) is 7.40. The molecule has 248 valence electrons. The molecule has 3 saturated heterocycles. The molecule has 0 radical (unpaired) electrons. The largest absolute Gasteiger partial charge is 0.461 e. The van der Waals surface area contributed by atoms with Gasteiger partial charge in [-0.25, -0.2) is 26.9 Å². The van der Waals surface area contributed by atoms with E-state index in [1.54, 1.807) is 40.1 Å². The van der Waals surface area contributed by atoms with Gasteiger partial charge < -0.3 is 14.5 Å². The van der Waals surface area contributed by atoms with Gasteiger partial charge in [0.05, 0.1) is 36.0 Å². The average molecular weight is 664 g/mol. The van der Waals surface area contributed by atoms with Crippen LogP contribution in [0.5, 0.6) is 6.01 Å². The third-order valence-electron chi connectivity index (χ3n) is 9.53. The molecule has 0 unspecified atom stereocenters. The number of fused-ring (bicyclic) bond motifs is 3. The number of carbonyl (C=O) groups is 1. The molecule has 3 aliphatic heterocycles. The first kappa shape index (κ1) is 31.7. The van der Waals surface area contributed by atoms with Gasteiger partial charge in [0.1, 0.15) is 29.8 Å². The number of anilines is 1. The van der Waals surface area contributed by atoms with Crippen molar-refractivity contribution in [3.63, 3.8) is 0 Å². The number of piperazine rings is 1. The van der Waals surface area contributed by atoms with Crippen molar-refractivity contribution in [2.45, 2.75) is 43.2 Å². The summed E-state index contributed by atoms with van der Waals surface area (Å²) in [6.07, 6.45) is 0.753. The van der Waals surface area contributed by atoms with E-state index in [-0.39, 0.29) is 85.1 Å². The molecule has 0 bridgehead atoms. The van der Waals surface area contributed by atoms with Crippen LogP contribution in [0.2, 0.25) is 0 Å². The number of amides is 1. The molecule has 0 saturated carbocycles. The third kappa shape index (κ3) is 5.55. The predicted molar refractivity (Wildman–Crippen MR) is 167 cm³/mol. The number of rotatable bonds is 7. The number of nitriles is 1. The second-order valence-corrected chi connectivity index (χ2v) is 12.6. The summed E-state index contributed by atoms with van der Waals surface area (Å²) in [4.78, 5) is 30.8. The summed E-state index contributed by atoms with van der Waals surface area (Å²) in [5, 5.41) is 10.4. The van der Waals surface area contributed by atoms with Crippen molar-refractivity contribution in [2.75, 3.05) is 44.2 Å². The maximum absolute atomic E-state index is 16.0. The summed E-state index contributed by atoms with van der Waals surface area (Å²) in [7, 11) is 0. The van der Waals surface area contributed by atoms with Crippen molar-refractivity contribution in [3.8, 4) is 23.3 Å². The average Bonchev–Trinajstić information content (AvgIpc) is 3.55. The second kappa shape index (κ2) is 12.0. The van der Waals surface area contributed by atoms with Crippen LogP contribution >= 0.6 is 0 Å². The fourth-order valence-corrected chi connectivity index (χ4v) is 7.40. The van der Waals surface area contributed by atoms with E-state index in [2.05, 4.69) is 21.5 Å².